The third-order valence-electron chi connectivity index (χ3n) is 7.22. The molecule has 0 atom stereocenters. The second-order valence-corrected chi connectivity index (χ2v) is 8.95. The molecule has 1 saturated carbocycles. The molecule has 0 unspecified atom stereocenters. The van der Waals surface area contributed by atoms with Crippen LogP contribution in [0.3, 0.4) is 0 Å². The fraction of sp³-hybridized carbons (Fsp3) is 0.296. The normalized spacial score (nSPS) is 18.4. The first kappa shape index (κ1) is 18.9. The van der Waals surface area contributed by atoms with Crippen LogP contribution >= 0.6 is 0 Å². The maximum Gasteiger partial charge on any atom is 0.134 e. The van der Waals surface area contributed by atoms with Crippen molar-refractivity contribution in [2.45, 2.75) is 38.0 Å². The summed E-state index contributed by atoms with van der Waals surface area (Å²) in [5.41, 5.74) is 10.4. The summed E-state index contributed by atoms with van der Waals surface area (Å²) < 4.78 is 0. The monoisotopic (exact) mass is 395 g/mol. The molecule has 0 bridgehead atoms. The molecule has 1 fully saturated rings. The molecule has 3 heteroatoms. The van der Waals surface area contributed by atoms with Crippen molar-refractivity contribution >= 4 is 17.5 Å². The van der Waals surface area contributed by atoms with Gasteiger partial charge >= 0.3 is 0 Å². The minimum atomic E-state index is 0.113. The number of rotatable bonds is 5. The molecule has 0 saturated heterocycles. The van der Waals surface area contributed by atoms with Crippen LogP contribution < -0.4 is 5.32 Å². The van der Waals surface area contributed by atoms with Gasteiger partial charge in [0.15, 0.2) is 0 Å². The summed E-state index contributed by atoms with van der Waals surface area (Å²) in [5, 5.41) is 3.39. The second kappa shape index (κ2) is 7.02. The molecule has 152 valence electrons. The van der Waals surface area contributed by atoms with E-state index in [2.05, 4.69) is 84.8 Å². The Balaban J connectivity index is 1.29. The van der Waals surface area contributed by atoms with Gasteiger partial charge in [0.1, 0.15) is 5.82 Å². The van der Waals surface area contributed by atoms with E-state index in [0.717, 1.165) is 35.7 Å². The van der Waals surface area contributed by atoms with E-state index in [4.69, 9.17) is 0 Å². The Bertz CT molecular complexity index is 1110. The zero-order chi connectivity index (χ0) is 20.9. The van der Waals surface area contributed by atoms with Crippen LogP contribution in [0.25, 0.3) is 11.6 Å². The number of hydrogen-bond acceptors (Lipinski definition) is 3. The standard InChI is InChI=1S/C27H29N3/c1-18(30(4)17-23-15-22-8-5-6-9-24(22)19(23)2)10-11-21-14-25-26(28-16-21)29-20(3)27(25)12-7-13-27/h5-6,8-11,14,16H,1,3,7,12-13,15,17H2,2,4H3,(H,28,29)/b11-10+. The van der Waals surface area contributed by atoms with E-state index in [1.807, 2.05) is 6.20 Å². The average molecular weight is 396 g/mol. The lowest BCUT2D eigenvalue weighted by Gasteiger charge is -2.39. The van der Waals surface area contributed by atoms with Crippen molar-refractivity contribution in [2.24, 2.45) is 0 Å². The van der Waals surface area contributed by atoms with Crippen molar-refractivity contribution in [1.29, 1.82) is 0 Å². The highest BCUT2D eigenvalue weighted by Gasteiger charge is 2.47. The molecule has 0 radical (unpaired) electrons. The summed E-state index contributed by atoms with van der Waals surface area (Å²) in [5.74, 6) is 0.982. The molecule has 3 aliphatic rings. The van der Waals surface area contributed by atoms with Crippen molar-refractivity contribution < 1.29 is 0 Å². The Labute approximate surface area is 179 Å². The molecule has 2 aliphatic carbocycles. The van der Waals surface area contributed by atoms with Gasteiger partial charge in [0.2, 0.25) is 0 Å². The highest BCUT2D eigenvalue weighted by molar-refractivity contribution is 5.75. The predicted molar refractivity (Wildman–Crippen MR) is 126 cm³/mol. The number of anilines is 1. The molecule has 1 aromatic heterocycles. The first-order valence-electron chi connectivity index (χ1n) is 10.8. The smallest absolute Gasteiger partial charge is 0.134 e. The van der Waals surface area contributed by atoms with Gasteiger partial charge in [-0.15, -0.1) is 0 Å². The largest absolute Gasteiger partial charge is 0.371 e. The zero-order valence-electron chi connectivity index (χ0n) is 18.0. The lowest BCUT2D eigenvalue weighted by molar-refractivity contribution is 0.307. The van der Waals surface area contributed by atoms with Crippen LogP contribution in [0.4, 0.5) is 5.82 Å². The predicted octanol–water partition coefficient (Wildman–Crippen LogP) is 5.93. The van der Waals surface area contributed by atoms with Crippen LogP contribution in [0, 0.1) is 0 Å². The SMILES string of the molecule is C=C(/C=C/c1cnc2c(c1)C1(CCC1)C(=C)N2)N(C)CC1=C(C)c2ccccc2C1. The summed E-state index contributed by atoms with van der Waals surface area (Å²) in [6.07, 6.45) is 10.8. The van der Waals surface area contributed by atoms with Crippen molar-refractivity contribution in [2.75, 3.05) is 18.9 Å². The van der Waals surface area contributed by atoms with Crippen LogP contribution in [0.2, 0.25) is 0 Å². The number of hydrogen-bond donors (Lipinski definition) is 1. The fourth-order valence-corrected chi connectivity index (χ4v) is 5.04. The third kappa shape index (κ3) is 2.92. The molecule has 2 aromatic rings. The third-order valence-corrected chi connectivity index (χ3v) is 7.22. The topological polar surface area (TPSA) is 28.2 Å². The van der Waals surface area contributed by atoms with E-state index in [1.165, 1.54) is 47.1 Å². The Kier molecular flexibility index (Phi) is 4.43. The van der Waals surface area contributed by atoms with E-state index in [1.54, 1.807) is 0 Å². The van der Waals surface area contributed by atoms with Gasteiger partial charge in [0.25, 0.3) is 0 Å². The van der Waals surface area contributed by atoms with E-state index in [-0.39, 0.29) is 5.41 Å². The van der Waals surface area contributed by atoms with Gasteiger partial charge in [-0.3, -0.25) is 0 Å². The molecule has 30 heavy (non-hydrogen) atoms. The number of nitrogens with zero attached hydrogens (tertiary/aromatic N) is 2. The van der Waals surface area contributed by atoms with Gasteiger partial charge in [-0.1, -0.05) is 49.9 Å². The lowest BCUT2D eigenvalue weighted by Crippen LogP contribution is -2.33. The van der Waals surface area contributed by atoms with Crippen LogP contribution in [0.5, 0.6) is 0 Å². The molecule has 1 aliphatic heterocycles. The van der Waals surface area contributed by atoms with Crippen molar-refractivity contribution in [3.05, 3.63) is 95.0 Å². The molecule has 1 N–H and O–H groups in total. The van der Waals surface area contributed by atoms with Gasteiger partial charge in [0, 0.05) is 42.2 Å². The van der Waals surface area contributed by atoms with Crippen molar-refractivity contribution in [3.8, 4) is 0 Å². The van der Waals surface area contributed by atoms with Crippen molar-refractivity contribution in [3.63, 3.8) is 0 Å². The minimum Gasteiger partial charge on any atom is -0.371 e. The Morgan fingerprint density at radius 3 is 2.83 bits per heavy atom. The van der Waals surface area contributed by atoms with E-state index in [0.29, 0.717) is 0 Å². The number of nitrogens with one attached hydrogen (secondary N) is 1. The molecule has 2 heterocycles. The van der Waals surface area contributed by atoms with Crippen LogP contribution in [-0.4, -0.2) is 23.5 Å². The highest BCUT2D eigenvalue weighted by Crippen LogP contribution is 2.54. The van der Waals surface area contributed by atoms with Gasteiger partial charge in [-0.25, -0.2) is 4.98 Å². The van der Waals surface area contributed by atoms with Crippen LogP contribution in [-0.2, 0) is 11.8 Å². The lowest BCUT2D eigenvalue weighted by atomic mass is 9.64. The van der Waals surface area contributed by atoms with Crippen LogP contribution in [0.1, 0.15) is 48.4 Å². The number of allylic oxidation sites excluding steroid dienone is 3. The Hall–Kier alpha value is -3.07. The average Bonchev–Trinajstić information content (AvgIpc) is 3.19. The second-order valence-electron chi connectivity index (χ2n) is 8.95. The quantitative estimate of drug-likeness (QED) is 0.636. The van der Waals surface area contributed by atoms with Gasteiger partial charge < -0.3 is 10.2 Å². The van der Waals surface area contributed by atoms with E-state index in [9.17, 15) is 0 Å². The summed E-state index contributed by atoms with van der Waals surface area (Å²) in [6.45, 7) is 11.7. The van der Waals surface area contributed by atoms with E-state index < -0.39 is 0 Å². The van der Waals surface area contributed by atoms with Crippen LogP contribution in [0.15, 0.2) is 72.7 Å². The van der Waals surface area contributed by atoms with E-state index >= 15 is 0 Å². The molecule has 1 spiro atoms. The van der Waals surface area contributed by atoms with Gasteiger partial charge in [-0.2, -0.15) is 0 Å². The molecule has 3 nitrogen and oxygen atoms in total. The van der Waals surface area contributed by atoms with Gasteiger partial charge in [-0.05, 0) is 66.2 Å². The number of benzene rings is 1. The van der Waals surface area contributed by atoms with Crippen molar-refractivity contribution in [1.82, 2.24) is 9.88 Å². The summed E-state index contributed by atoms with van der Waals surface area (Å²) in [4.78, 5) is 6.89. The molecular weight excluding hydrogens is 366 g/mol. The number of fused-ring (bicyclic) bond motifs is 3. The maximum absolute atomic E-state index is 4.65. The summed E-state index contributed by atoms with van der Waals surface area (Å²) in [6, 6.07) is 11.0. The Morgan fingerprint density at radius 1 is 1.30 bits per heavy atom. The molecule has 1 aromatic carbocycles. The first-order chi connectivity index (χ1) is 14.5. The molecule has 5 rings (SSSR count). The summed E-state index contributed by atoms with van der Waals surface area (Å²) >= 11 is 0. The fourth-order valence-electron chi connectivity index (χ4n) is 5.04. The Morgan fingerprint density at radius 2 is 2.10 bits per heavy atom. The van der Waals surface area contributed by atoms with Gasteiger partial charge in [0.05, 0.1) is 0 Å². The molecular formula is C27H29N3. The molecule has 0 amide bonds. The number of pyridine rings is 1. The minimum absolute atomic E-state index is 0.113. The summed E-state index contributed by atoms with van der Waals surface area (Å²) in [7, 11) is 2.12. The number of aromatic nitrogens is 1. The first-order valence-corrected chi connectivity index (χ1v) is 10.8. The number of likely N-dealkylation sites (N-methyl/N-ethyl adjacent to an activating group) is 1. The maximum atomic E-state index is 4.65. The highest BCUT2D eigenvalue weighted by atomic mass is 15.1. The zero-order valence-corrected chi connectivity index (χ0v) is 18.0.